The van der Waals surface area contributed by atoms with Gasteiger partial charge in [0.15, 0.2) is 0 Å². The number of carboxylic acids is 1. The van der Waals surface area contributed by atoms with E-state index in [1.807, 2.05) is 6.92 Å². The summed E-state index contributed by atoms with van der Waals surface area (Å²) >= 11 is 0. The topological polar surface area (TPSA) is 40.5 Å². The molecular weight excluding hydrogens is 238 g/mol. The molecule has 0 radical (unpaired) electrons. The summed E-state index contributed by atoms with van der Waals surface area (Å²) in [4.78, 5) is 13.9. The molecule has 0 atom stereocenters. The minimum absolute atomic E-state index is 0.468. The maximum atomic E-state index is 11.3. The Kier molecular flexibility index (Phi) is 4.24. The van der Waals surface area contributed by atoms with Crippen molar-refractivity contribution in [1.29, 1.82) is 0 Å². The molecule has 0 spiro atoms. The summed E-state index contributed by atoms with van der Waals surface area (Å²) in [6, 6.07) is 0.633. The molecule has 1 saturated carbocycles. The number of rotatable bonds is 3. The lowest BCUT2D eigenvalue weighted by molar-refractivity contribution is -0.150. The van der Waals surface area contributed by atoms with Gasteiger partial charge >= 0.3 is 5.97 Å². The molecule has 3 heteroatoms. The first-order valence-corrected chi connectivity index (χ1v) is 7.86. The average molecular weight is 267 g/mol. The van der Waals surface area contributed by atoms with E-state index in [0.29, 0.717) is 11.5 Å². The summed E-state index contributed by atoms with van der Waals surface area (Å²) in [5.74, 6) is -0.608. The molecule has 1 saturated heterocycles. The van der Waals surface area contributed by atoms with Crippen LogP contribution in [0.3, 0.4) is 0 Å². The number of piperidine rings is 1. The van der Waals surface area contributed by atoms with Crippen LogP contribution >= 0.6 is 0 Å². The van der Waals surface area contributed by atoms with Crippen LogP contribution in [0.2, 0.25) is 0 Å². The van der Waals surface area contributed by atoms with E-state index in [4.69, 9.17) is 0 Å². The largest absolute Gasteiger partial charge is 0.481 e. The first kappa shape index (κ1) is 14.8. The monoisotopic (exact) mass is 267 g/mol. The summed E-state index contributed by atoms with van der Waals surface area (Å²) in [7, 11) is 0. The summed E-state index contributed by atoms with van der Waals surface area (Å²) in [5, 5.41) is 9.28. The summed E-state index contributed by atoms with van der Waals surface area (Å²) in [6.45, 7) is 9.04. The number of hydrogen-bond acceptors (Lipinski definition) is 2. The van der Waals surface area contributed by atoms with Crippen LogP contribution in [0.25, 0.3) is 0 Å². The Labute approximate surface area is 117 Å². The van der Waals surface area contributed by atoms with E-state index in [0.717, 1.165) is 25.7 Å². The highest BCUT2D eigenvalue weighted by molar-refractivity contribution is 5.74. The highest BCUT2D eigenvalue weighted by Crippen LogP contribution is 2.40. The van der Waals surface area contributed by atoms with Crippen molar-refractivity contribution in [3.63, 3.8) is 0 Å². The maximum Gasteiger partial charge on any atom is 0.309 e. The number of hydrogen-bond donors (Lipinski definition) is 1. The molecule has 1 aliphatic heterocycles. The second-order valence-corrected chi connectivity index (χ2v) is 7.30. The van der Waals surface area contributed by atoms with Crippen LogP contribution in [-0.2, 0) is 4.79 Å². The van der Waals surface area contributed by atoms with Crippen molar-refractivity contribution in [2.24, 2.45) is 10.8 Å². The number of likely N-dealkylation sites (tertiary alicyclic amines) is 1. The molecule has 0 unspecified atom stereocenters. The summed E-state index contributed by atoms with van der Waals surface area (Å²) in [6.07, 6.45) is 7.69. The number of carbonyl (C=O) groups is 1. The molecule has 1 heterocycles. The van der Waals surface area contributed by atoms with E-state index >= 15 is 0 Å². The molecule has 0 aromatic rings. The van der Waals surface area contributed by atoms with Crippen molar-refractivity contribution in [1.82, 2.24) is 4.90 Å². The van der Waals surface area contributed by atoms with Crippen molar-refractivity contribution in [3.05, 3.63) is 0 Å². The smallest absolute Gasteiger partial charge is 0.309 e. The highest BCUT2D eigenvalue weighted by Gasteiger charge is 2.40. The first-order chi connectivity index (χ1) is 8.88. The van der Waals surface area contributed by atoms with E-state index in [2.05, 4.69) is 18.7 Å². The molecule has 2 aliphatic rings. The summed E-state index contributed by atoms with van der Waals surface area (Å²) < 4.78 is 0. The fourth-order valence-electron chi connectivity index (χ4n) is 3.60. The average Bonchev–Trinajstić information content (AvgIpc) is 2.41. The van der Waals surface area contributed by atoms with Gasteiger partial charge in [-0.2, -0.15) is 0 Å². The van der Waals surface area contributed by atoms with Crippen molar-refractivity contribution in [2.45, 2.75) is 71.8 Å². The van der Waals surface area contributed by atoms with Gasteiger partial charge in [0.2, 0.25) is 0 Å². The third kappa shape index (κ3) is 3.13. The van der Waals surface area contributed by atoms with Gasteiger partial charge in [-0.05, 0) is 64.0 Å². The SMILES string of the molecule is CCC1(C)CCN(C2CCC(C)(C(=O)O)CC2)CC1. The third-order valence-electron chi connectivity index (χ3n) is 5.95. The van der Waals surface area contributed by atoms with Gasteiger partial charge in [0, 0.05) is 6.04 Å². The van der Waals surface area contributed by atoms with Crippen LogP contribution in [0.5, 0.6) is 0 Å². The maximum absolute atomic E-state index is 11.3. The highest BCUT2D eigenvalue weighted by atomic mass is 16.4. The number of carboxylic acid groups (broad SMARTS) is 1. The lowest BCUT2D eigenvalue weighted by Crippen LogP contribution is -2.47. The lowest BCUT2D eigenvalue weighted by Gasteiger charge is -2.45. The molecule has 0 aromatic carbocycles. The zero-order valence-electron chi connectivity index (χ0n) is 12.7. The molecule has 2 fully saturated rings. The van der Waals surface area contributed by atoms with Crippen LogP contribution in [-0.4, -0.2) is 35.1 Å². The molecule has 0 aromatic heterocycles. The predicted molar refractivity (Wildman–Crippen MR) is 77.2 cm³/mol. The predicted octanol–water partition coefficient (Wildman–Crippen LogP) is 3.53. The fourth-order valence-corrected chi connectivity index (χ4v) is 3.60. The molecule has 1 N–H and O–H groups in total. The molecule has 1 aliphatic carbocycles. The molecule has 0 amide bonds. The van der Waals surface area contributed by atoms with Gasteiger partial charge in [-0.25, -0.2) is 0 Å². The minimum Gasteiger partial charge on any atom is -0.481 e. The fraction of sp³-hybridized carbons (Fsp3) is 0.938. The Hall–Kier alpha value is -0.570. The lowest BCUT2D eigenvalue weighted by atomic mass is 9.72. The molecular formula is C16H29NO2. The summed E-state index contributed by atoms with van der Waals surface area (Å²) in [5.41, 5.74) is 0.0744. The molecule has 19 heavy (non-hydrogen) atoms. The normalized spacial score (nSPS) is 36.1. The minimum atomic E-state index is -0.608. The van der Waals surface area contributed by atoms with Crippen LogP contribution in [0.4, 0.5) is 0 Å². The second kappa shape index (κ2) is 5.43. The second-order valence-electron chi connectivity index (χ2n) is 7.30. The third-order valence-corrected chi connectivity index (χ3v) is 5.95. The molecule has 3 nitrogen and oxygen atoms in total. The van der Waals surface area contributed by atoms with Gasteiger partial charge in [0.05, 0.1) is 5.41 Å². The Morgan fingerprint density at radius 3 is 2.11 bits per heavy atom. The van der Waals surface area contributed by atoms with Gasteiger partial charge in [0.1, 0.15) is 0 Å². The first-order valence-electron chi connectivity index (χ1n) is 7.86. The Balaban J connectivity index is 1.85. The Bertz CT molecular complexity index is 324. The van der Waals surface area contributed by atoms with Crippen LogP contribution in [0.15, 0.2) is 0 Å². The number of nitrogens with zero attached hydrogens (tertiary/aromatic N) is 1. The van der Waals surface area contributed by atoms with E-state index < -0.39 is 11.4 Å². The van der Waals surface area contributed by atoms with E-state index in [9.17, 15) is 9.90 Å². The van der Waals surface area contributed by atoms with Crippen molar-refractivity contribution in [3.8, 4) is 0 Å². The zero-order chi connectivity index (χ0) is 14.1. The van der Waals surface area contributed by atoms with E-state index in [-0.39, 0.29) is 0 Å². The van der Waals surface area contributed by atoms with Crippen molar-refractivity contribution >= 4 is 5.97 Å². The quantitative estimate of drug-likeness (QED) is 0.850. The van der Waals surface area contributed by atoms with Crippen LogP contribution < -0.4 is 0 Å². The standard InChI is InChI=1S/C16H29NO2/c1-4-15(2)9-11-17(12-10-15)13-5-7-16(3,8-6-13)14(18)19/h13H,4-12H2,1-3H3,(H,18,19). The number of aliphatic carboxylic acids is 1. The molecule has 2 rings (SSSR count). The van der Waals surface area contributed by atoms with E-state index in [1.54, 1.807) is 0 Å². The Morgan fingerprint density at radius 2 is 1.68 bits per heavy atom. The molecule has 110 valence electrons. The molecule has 0 bridgehead atoms. The van der Waals surface area contributed by atoms with E-state index in [1.165, 1.54) is 32.4 Å². The van der Waals surface area contributed by atoms with Gasteiger partial charge in [0.25, 0.3) is 0 Å². The van der Waals surface area contributed by atoms with Gasteiger partial charge in [-0.15, -0.1) is 0 Å². The van der Waals surface area contributed by atoms with Gasteiger partial charge in [-0.3, -0.25) is 4.79 Å². The van der Waals surface area contributed by atoms with Gasteiger partial charge in [-0.1, -0.05) is 20.3 Å². The van der Waals surface area contributed by atoms with Gasteiger partial charge < -0.3 is 10.0 Å². The van der Waals surface area contributed by atoms with Crippen LogP contribution in [0.1, 0.15) is 65.7 Å². The van der Waals surface area contributed by atoms with Crippen molar-refractivity contribution < 1.29 is 9.90 Å². The van der Waals surface area contributed by atoms with Crippen LogP contribution in [0, 0.1) is 10.8 Å². The zero-order valence-corrected chi connectivity index (χ0v) is 12.7. The van der Waals surface area contributed by atoms with Crippen molar-refractivity contribution in [2.75, 3.05) is 13.1 Å². The Morgan fingerprint density at radius 1 is 1.16 bits per heavy atom.